The van der Waals surface area contributed by atoms with Gasteiger partial charge in [0, 0.05) is 35.8 Å². The third-order valence-corrected chi connectivity index (χ3v) is 4.95. The van der Waals surface area contributed by atoms with Crippen molar-refractivity contribution in [3.63, 3.8) is 0 Å². The molecule has 1 aliphatic rings. The molecule has 0 unspecified atom stereocenters. The highest BCUT2D eigenvalue weighted by Crippen LogP contribution is 2.33. The molecule has 29 heavy (non-hydrogen) atoms. The molecule has 0 fully saturated rings. The van der Waals surface area contributed by atoms with E-state index in [0.29, 0.717) is 17.1 Å². The Kier molecular flexibility index (Phi) is 5.37. The first-order valence-corrected chi connectivity index (χ1v) is 9.68. The zero-order valence-corrected chi connectivity index (χ0v) is 16.2. The highest BCUT2D eigenvalue weighted by Gasteiger charge is 2.18. The van der Waals surface area contributed by atoms with E-state index in [4.69, 9.17) is 9.15 Å². The second kappa shape index (κ2) is 8.26. The Hall–Kier alpha value is -3.48. The average molecular weight is 393 g/mol. The fourth-order valence-corrected chi connectivity index (χ4v) is 3.51. The van der Waals surface area contributed by atoms with Crippen molar-refractivity contribution in [3.05, 3.63) is 53.8 Å². The highest BCUT2D eigenvalue weighted by atomic mass is 16.5. The standard InChI is InChI=1S/C22H23N3O4/c1-23-22(27)25-15-8-6-14(7-9-15)24-21(26)13-28-16-10-11-20-18(12-16)17-4-2-3-5-19(17)29-20/h6-12H,2-5,13H2,1H3,(H,24,26)(H2,23,25,27). The number of fused-ring (bicyclic) bond motifs is 3. The van der Waals surface area contributed by atoms with Crippen LogP contribution in [0.1, 0.15) is 24.2 Å². The Labute approximate surface area is 168 Å². The molecule has 0 atom stereocenters. The molecule has 7 nitrogen and oxygen atoms in total. The first-order chi connectivity index (χ1) is 14.1. The second-order valence-corrected chi connectivity index (χ2v) is 6.99. The lowest BCUT2D eigenvalue weighted by Gasteiger charge is -2.10. The molecule has 1 heterocycles. The van der Waals surface area contributed by atoms with Crippen molar-refractivity contribution >= 4 is 34.3 Å². The number of carbonyl (C=O) groups is 2. The summed E-state index contributed by atoms with van der Waals surface area (Å²) in [7, 11) is 1.54. The number of hydrogen-bond donors (Lipinski definition) is 3. The topological polar surface area (TPSA) is 92.6 Å². The molecule has 0 aliphatic heterocycles. The number of rotatable bonds is 5. The number of aryl methyl sites for hydroxylation is 2. The summed E-state index contributed by atoms with van der Waals surface area (Å²) in [4.78, 5) is 23.5. The number of furan rings is 1. The van der Waals surface area contributed by atoms with Gasteiger partial charge < -0.3 is 25.1 Å². The highest BCUT2D eigenvalue weighted by molar-refractivity contribution is 5.93. The molecule has 150 valence electrons. The molecule has 0 spiro atoms. The van der Waals surface area contributed by atoms with Crippen LogP contribution in [-0.2, 0) is 17.6 Å². The number of carbonyl (C=O) groups excluding carboxylic acids is 2. The maximum Gasteiger partial charge on any atom is 0.318 e. The summed E-state index contributed by atoms with van der Waals surface area (Å²) < 4.78 is 11.6. The molecule has 3 amide bonds. The Morgan fingerprint density at radius 3 is 2.48 bits per heavy atom. The molecule has 0 bridgehead atoms. The number of benzene rings is 2. The summed E-state index contributed by atoms with van der Waals surface area (Å²) in [6.45, 7) is -0.0935. The van der Waals surface area contributed by atoms with Gasteiger partial charge in [0.15, 0.2) is 6.61 Å². The molecule has 2 aromatic carbocycles. The molecule has 0 saturated carbocycles. The van der Waals surface area contributed by atoms with Crippen LogP contribution < -0.4 is 20.7 Å². The van der Waals surface area contributed by atoms with Crippen molar-refractivity contribution in [1.29, 1.82) is 0 Å². The summed E-state index contributed by atoms with van der Waals surface area (Å²) in [5.74, 6) is 1.47. The van der Waals surface area contributed by atoms with E-state index in [0.717, 1.165) is 29.6 Å². The molecule has 7 heteroatoms. The minimum Gasteiger partial charge on any atom is -0.484 e. The maximum absolute atomic E-state index is 12.2. The smallest absolute Gasteiger partial charge is 0.318 e. The molecule has 1 aliphatic carbocycles. The average Bonchev–Trinajstić information content (AvgIpc) is 3.11. The van der Waals surface area contributed by atoms with Gasteiger partial charge in [0.1, 0.15) is 17.1 Å². The fraction of sp³-hybridized carbons (Fsp3) is 0.273. The van der Waals surface area contributed by atoms with E-state index in [-0.39, 0.29) is 18.5 Å². The van der Waals surface area contributed by atoms with E-state index in [1.807, 2.05) is 18.2 Å². The van der Waals surface area contributed by atoms with Crippen molar-refractivity contribution in [2.75, 3.05) is 24.3 Å². The molecular formula is C22H23N3O4. The first-order valence-electron chi connectivity index (χ1n) is 9.68. The van der Waals surface area contributed by atoms with E-state index >= 15 is 0 Å². The Morgan fingerprint density at radius 2 is 1.72 bits per heavy atom. The van der Waals surface area contributed by atoms with Crippen LogP contribution in [0.4, 0.5) is 16.2 Å². The molecule has 1 aromatic heterocycles. The quantitative estimate of drug-likeness (QED) is 0.609. The zero-order chi connectivity index (χ0) is 20.2. The maximum atomic E-state index is 12.2. The van der Waals surface area contributed by atoms with Gasteiger partial charge in [-0.15, -0.1) is 0 Å². The zero-order valence-electron chi connectivity index (χ0n) is 16.2. The van der Waals surface area contributed by atoms with Gasteiger partial charge in [0.05, 0.1) is 0 Å². The molecule has 0 radical (unpaired) electrons. The van der Waals surface area contributed by atoms with Crippen LogP contribution in [0.3, 0.4) is 0 Å². The van der Waals surface area contributed by atoms with Crippen molar-refractivity contribution in [2.24, 2.45) is 0 Å². The van der Waals surface area contributed by atoms with Crippen LogP contribution in [-0.4, -0.2) is 25.6 Å². The summed E-state index contributed by atoms with van der Waals surface area (Å²) in [5.41, 5.74) is 3.40. The number of hydrogen-bond acceptors (Lipinski definition) is 4. The van der Waals surface area contributed by atoms with E-state index in [1.165, 1.54) is 18.4 Å². The predicted octanol–water partition coefficient (Wildman–Crippen LogP) is 4.08. The van der Waals surface area contributed by atoms with Crippen LogP contribution in [0.15, 0.2) is 46.9 Å². The molecule has 4 rings (SSSR count). The van der Waals surface area contributed by atoms with Gasteiger partial charge in [-0.05, 0) is 61.7 Å². The number of anilines is 2. The number of amides is 3. The van der Waals surface area contributed by atoms with Crippen LogP contribution in [0.25, 0.3) is 11.0 Å². The van der Waals surface area contributed by atoms with Gasteiger partial charge >= 0.3 is 6.03 Å². The van der Waals surface area contributed by atoms with Gasteiger partial charge in [0.2, 0.25) is 0 Å². The Balaban J connectivity index is 1.35. The van der Waals surface area contributed by atoms with Crippen LogP contribution in [0.2, 0.25) is 0 Å². The van der Waals surface area contributed by atoms with Gasteiger partial charge in [-0.25, -0.2) is 4.79 Å². The van der Waals surface area contributed by atoms with Gasteiger partial charge in [-0.2, -0.15) is 0 Å². The van der Waals surface area contributed by atoms with Gasteiger partial charge in [0.25, 0.3) is 5.91 Å². The van der Waals surface area contributed by atoms with E-state index in [9.17, 15) is 9.59 Å². The van der Waals surface area contributed by atoms with Crippen molar-refractivity contribution in [2.45, 2.75) is 25.7 Å². The van der Waals surface area contributed by atoms with Crippen molar-refractivity contribution < 1.29 is 18.7 Å². The normalized spacial score (nSPS) is 12.9. The largest absolute Gasteiger partial charge is 0.484 e. The molecule has 3 aromatic rings. The van der Waals surface area contributed by atoms with Gasteiger partial charge in [-0.1, -0.05) is 0 Å². The summed E-state index contributed by atoms with van der Waals surface area (Å²) in [5, 5.41) is 8.99. The fourth-order valence-electron chi connectivity index (χ4n) is 3.51. The number of ether oxygens (including phenoxy) is 1. The third kappa shape index (κ3) is 4.34. The number of urea groups is 1. The lowest BCUT2D eigenvalue weighted by molar-refractivity contribution is -0.118. The van der Waals surface area contributed by atoms with E-state index in [1.54, 1.807) is 31.3 Å². The number of nitrogens with one attached hydrogen (secondary N) is 3. The first kappa shape index (κ1) is 18.9. The van der Waals surface area contributed by atoms with Gasteiger partial charge in [-0.3, -0.25) is 4.79 Å². The SMILES string of the molecule is CNC(=O)Nc1ccc(NC(=O)COc2ccc3oc4c(c3c2)CCCC4)cc1. The second-order valence-electron chi connectivity index (χ2n) is 6.99. The van der Waals surface area contributed by atoms with E-state index < -0.39 is 0 Å². The van der Waals surface area contributed by atoms with Crippen molar-refractivity contribution in [1.82, 2.24) is 5.32 Å². The Bertz CT molecular complexity index is 1040. The minimum absolute atomic E-state index is 0.0935. The van der Waals surface area contributed by atoms with Crippen LogP contribution in [0, 0.1) is 0 Å². The monoisotopic (exact) mass is 393 g/mol. The summed E-state index contributed by atoms with van der Waals surface area (Å²) in [6, 6.07) is 12.2. The summed E-state index contributed by atoms with van der Waals surface area (Å²) >= 11 is 0. The third-order valence-electron chi connectivity index (χ3n) is 4.95. The predicted molar refractivity (Wildman–Crippen MR) is 112 cm³/mol. The van der Waals surface area contributed by atoms with Crippen LogP contribution >= 0.6 is 0 Å². The van der Waals surface area contributed by atoms with Crippen molar-refractivity contribution in [3.8, 4) is 5.75 Å². The molecule has 0 saturated heterocycles. The van der Waals surface area contributed by atoms with E-state index in [2.05, 4.69) is 16.0 Å². The lowest BCUT2D eigenvalue weighted by atomic mass is 9.96. The molecular weight excluding hydrogens is 370 g/mol. The van der Waals surface area contributed by atoms with Crippen LogP contribution in [0.5, 0.6) is 5.75 Å². The summed E-state index contributed by atoms with van der Waals surface area (Å²) in [6.07, 6.45) is 4.35. The Morgan fingerprint density at radius 1 is 1.00 bits per heavy atom. The minimum atomic E-state index is -0.300. The molecule has 3 N–H and O–H groups in total. The lowest BCUT2D eigenvalue weighted by Crippen LogP contribution is -2.24.